The molecule has 10 heteroatoms. The van der Waals surface area contributed by atoms with E-state index in [2.05, 4.69) is 10.3 Å². The molecule has 2 amide bonds. The molecule has 10 nitrogen and oxygen atoms in total. The van der Waals surface area contributed by atoms with Gasteiger partial charge in [-0.3, -0.25) is 4.79 Å². The van der Waals surface area contributed by atoms with E-state index in [0.717, 1.165) is 28.2 Å². The van der Waals surface area contributed by atoms with E-state index >= 15 is 0 Å². The fraction of sp³-hybridized carbons (Fsp3) is 0.379. The Balaban J connectivity index is 1.50. The first kappa shape index (κ1) is 27.8. The first-order chi connectivity index (χ1) is 18.6. The molecule has 1 aromatic heterocycles. The minimum absolute atomic E-state index is 0.247. The number of aldehydes is 1. The van der Waals surface area contributed by atoms with Crippen LogP contribution < -0.4 is 15.8 Å². The molecule has 4 rings (SSSR count). The monoisotopic (exact) mass is 533 g/mol. The molecule has 2 heterocycles. The highest BCUT2D eigenvalue weighted by molar-refractivity contribution is 5.91. The van der Waals surface area contributed by atoms with Crippen molar-refractivity contribution in [2.24, 2.45) is 0 Å². The molecule has 3 N–H and O–H groups in total. The largest absolute Gasteiger partial charge is 0.497 e. The number of hydrogen-bond acceptors (Lipinski definition) is 8. The smallest absolute Gasteiger partial charge is 0.425 e. The maximum absolute atomic E-state index is 13.3. The van der Waals surface area contributed by atoms with Gasteiger partial charge < -0.3 is 25.3 Å². The number of aromatic nitrogens is 1. The lowest BCUT2D eigenvalue weighted by Gasteiger charge is -2.48. The van der Waals surface area contributed by atoms with Gasteiger partial charge in [-0.1, -0.05) is 24.3 Å². The summed E-state index contributed by atoms with van der Waals surface area (Å²) in [6.07, 6.45) is 2.48. The number of nitrogens with one attached hydrogen (secondary N) is 1. The maximum atomic E-state index is 13.3. The van der Waals surface area contributed by atoms with Gasteiger partial charge in [0.05, 0.1) is 7.11 Å². The van der Waals surface area contributed by atoms with Gasteiger partial charge >= 0.3 is 6.09 Å². The summed E-state index contributed by atoms with van der Waals surface area (Å²) in [7, 11) is 1.58. The molecule has 39 heavy (non-hydrogen) atoms. The Bertz CT molecular complexity index is 1340. The SMILES string of the molecule is COc1ccc(C[C@H](C=O)N(C(=O)OC(C)(C)C)N2CC[C@H]2C(=O)NCc2ccc3ccnc(N)c3c2)cc1. The van der Waals surface area contributed by atoms with Crippen LogP contribution in [0.25, 0.3) is 10.8 Å². The van der Waals surface area contributed by atoms with E-state index in [9.17, 15) is 14.4 Å². The van der Waals surface area contributed by atoms with Crippen molar-refractivity contribution in [3.05, 3.63) is 65.9 Å². The summed E-state index contributed by atoms with van der Waals surface area (Å²) in [5.74, 6) is 0.869. The number of fused-ring (bicyclic) bond motifs is 1. The average molecular weight is 534 g/mol. The van der Waals surface area contributed by atoms with Crippen LogP contribution >= 0.6 is 0 Å². The van der Waals surface area contributed by atoms with E-state index in [-0.39, 0.29) is 18.9 Å². The number of ether oxygens (including phenoxy) is 2. The second kappa shape index (κ2) is 11.7. The molecule has 0 bridgehead atoms. The van der Waals surface area contributed by atoms with E-state index < -0.39 is 23.8 Å². The van der Waals surface area contributed by atoms with Crippen LogP contribution in [0, 0.1) is 0 Å². The van der Waals surface area contributed by atoms with Crippen molar-refractivity contribution in [1.82, 2.24) is 20.3 Å². The topological polar surface area (TPSA) is 127 Å². The van der Waals surface area contributed by atoms with Crippen LogP contribution in [0.1, 0.15) is 38.3 Å². The minimum atomic E-state index is -0.861. The van der Waals surface area contributed by atoms with Crippen LogP contribution in [-0.2, 0) is 27.3 Å². The van der Waals surface area contributed by atoms with Crippen molar-refractivity contribution >= 4 is 34.9 Å². The van der Waals surface area contributed by atoms with Gasteiger partial charge in [0.2, 0.25) is 5.91 Å². The van der Waals surface area contributed by atoms with Gasteiger partial charge in [0.25, 0.3) is 0 Å². The number of hydrogen-bond donors (Lipinski definition) is 2. The molecule has 0 saturated carbocycles. The number of amides is 2. The second-order valence-electron chi connectivity index (χ2n) is 10.5. The van der Waals surface area contributed by atoms with Gasteiger partial charge in [-0.05, 0) is 68.0 Å². The summed E-state index contributed by atoms with van der Waals surface area (Å²) in [5.41, 5.74) is 6.94. The van der Waals surface area contributed by atoms with Crippen LogP contribution in [0.3, 0.4) is 0 Å². The summed E-state index contributed by atoms with van der Waals surface area (Å²) in [4.78, 5) is 43.0. The number of nitrogens with zero attached hydrogens (tertiary/aromatic N) is 3. The minimum Gasteiger partial charge on any atom is -0.497 e. The van der Waals surface area contributed by atoms with E-state index in [4.69, 9.17) is 15.2 Å². The normalized spacial score (nSPS) is 16.2. The second-order valence-corrected chi connectivity index (χ2v) is 10.5. The molecule has 1 aliphatic rings. The number of anilines is 1. The number of methoxy groups -OCH3 is 1. The number of nitrogens with two attached hydrogens (primary N) is 1. The summed E-state index contributed by atoms with van der Waals surface area (Å²) in [6, 6.07) is 13.4. The molecule has 2 atom stereocenters. The zero-order valence-electron chi connectivity index (χ0n) is 22.7. The molecular formula is C29H35N5O5. The van der Waals surface area contributed by atoms with E-state index in [1.165, 1.54) is 5.01 Å². The first-order valence-corrected chi connectivity index (χ1v) is 12.9. The third-order valence-corrected chi connectivity index (χ3v) is 6.55. The quantitative estimate of drug-likeness (QED) is 0.400. The number of carbonyl (C=O) groups excluding carboxylic acids is 3. The van der Waals surface area contributed by atoms with E-state index in [0.29, 0.717) is 24.5 Å². The van der Waals surface area contributed by atoms with E-state index in [1.807, 2.05) is 36.4 Å². The van der Waals surface area contributed by atoms with Crippen molar-refractivity contribution in [3.63, 3.8) is 0 Å². The molecule has 1 fully saturated rings. The zero-order chi connectivity index (χ0) is 28.2. The van der Waals surface area contributed by atoms with Crippen molar-refractivity contribution in [2.45, 2.75) is 57.8 Å². The van der Waals surface area contributed by atoms with Crippen molar-refractivity contribution in [2.75, 3.05) is 19.4 Å². The number of nitrogen functional groups attached to an aromatic ring is 1. The van der Waals surface area contributed by atoms with Crippen LogP contribution in [0.15, 0.2) is 54.7 Å². The molecule has 206 valence electrons. The lowest BCUT2D eigenvalue weighted by Crippen LogP contribution is -2.67. The van der Waals surface area contributed by atoms with Gasteiger partial charge in [-0.2, -0.15) is 0 Å². The molecule has 0 radical (unpaired) electrons. The molecule has 0 unspecified atom stereocenters. The molecule has 0 spiro atoms. The summed E-state index contributed by atoms with van der Waals surface area (Å²) >= 11 is 0. The third-order valence-electron chi connectivity index (χ3n) is 6.55. The van der Waals surface area contributed by atoms with Crippen molar-refractivity contribution < 1.29 is 23.9 Å². The van der Waals surface area contributed by atoms with Crippen molar-refractivity contribution in [3.8, 4) is 5.75 Å². The maximum Gasteiger partial charge on any atom is 0.425 e. The Kier molecular flexibility index (Phi) is 8.35. The Hall–Kier alpha value is -4.18. The van der Waals surface area contributed by atoms with Gasteiger partial charge in [-0.25, -0.2) is 19.8 Å². The average Bonchev–Trinajstić information content (AvgIpc) is 2.88. The van der Waals surface area contributed by atoms with Crippen LogP contribution in [0.4, 0.5) is 10.6 Å². The fourth-order valence-corrected chi connectivity index (χ4v) is 4.49. The molecule has 3 aromatic rings. The Morgan fingerprint density at radius 2 is 1.90 bits per heavy atom. The highest BCUT2D eigenvalue weighted by Gasteiger charge is 2.44. The number of hydrazine groups is 1. The van der Waals surface area contributed by atoms with Gasteiger partial charge in [0.15, 0.2) is 0 Å². The summed E-state index contributed by atoms with van der Waals surface area (Å²) in [5, 5.41) is 7.65. The highest BCUT2D eigenvalue weighted by atomic mass is 16.6. The number of pyridine rings is 1. The number of rotatable bonds is 9. The predicted molar refractivity (Wildman–Crippen MR) is 148 cm³/mol. The summed E-state index contributed by atoms with van der Waals surface area (Å²) in [6.45, 7) is 5.99. The molecule has 0 aliphatic carbocycles. The van der Waals surface area contributed by atoms with Crippen LogP contribution in [0.2, 0.25) is 0 Å². The summed E-state index contributed by atoms with van der Waals surface area (Å²) < 4.78 is 10.9. The number of carbonyl (C=O) groups is 3. The van der Waals surface area contributed by atoms with Gasteiger partial charge in [0.1, 0.15) is 35.5 Å². The Morgan fingerprint density at radius 3 is 2.51 bits per heavy atom. The lowest BCUT2D eigenvalue weighted by atomic mass is 10.0. The highest BCUT2D eigenvalue weighted by Crippen LogP contribution is 2.26. The van der Waals surface area contributed by atoms with Gasteiger partial charge in [-0.15, -0.1) is 0 Å². The number of benzene rings is 2. The molecule has 1 aliphatic heterocycles. The third kappa shape index (κ3) is 6.64. The van der Waals surface area contributed by atoms with Crippen LogP contribution in [0.5, 0.6) is 5.75 Å². The van der Waals surface area contributed by atoms with Crippen molar-refractivity contribution in [1.29, 1.82) is 0 Å². The fourth-order valence-electron chi connectivity index (χ4n) is 4.49. The molecule has 2 aromatic carbocycles. The molecular weight excluding hydrogens is 498 g/mol. The molecule has 1 saturated heterocycles. The lowest BCUT2D eigenvalue weighted by molar-refractivity contribution is -0.161. The van der Waals surface area contributed by atoms with Gasteiger partial charge in [0, 0.05) is 31.1 Å². The standard InChI is InChI=1S/C29H35N5O5/c1-29(2,3)39-28(37)34(22(18-35)15-19-6-9-23(38-4)10-7-19)33-14-12-25(33)27(36)32-17-20-5-8-21-11-13-31-26(30)24(21)16-20/h5-11,13,16,18,22,25H,12,14-15,17H2,1-4H3,(H2,30,31)(H,32,36)/t22-,25+/m1/s1. The van der Waals surface area contributed by atoms with Crippen LogP contribution in [-0.4, -0.2) is 64.6 Å². The van der Waals surface area contributed by atoms with E-state index in [1.54, 1.807) is 51.2 Å². The zero-order valence-corrected chi connectivity index (χ0v) is 22.7. The predicted octanol–water partition coefficient (Wildman–Crippen LogP) is 3.48. The Labute approximate surface area is 228 Å². The first-order valence-electron chi connectivity index (χ1n) is 12.9. The Morgan fingerprint density at radius 1 is 1.18 bits per heavy atom.